The maximum atomic E-state index is 12.0. The van der Waals surface area contributed by atoms with Gasteiger partial charge in [0.1, 0.15) is 0 Å². The summed E-state index contributed by atoms with van der Waals surface area (Å²) in [5.41, 5.74) is 8.88. The Labute approximate surface area is 125 Å². The molecule has 4 heteroatoms. The van der Waals surface area contributed by atoms with E-state index in [-0.39, 0.29) is 18.3 Å². The predicted molar refractivity (Wildman–Crippen MR) is 85.2 cm³/mol. The lowest BCUT2D eigenvalue weighted by molar-refractivity contribution is -0.117. The fourth-order valence-electron chi connectivity index (χ4n) is 1.92. The Morgan fingerprint density at radius 3 is 2.50 bits per heavy atom. The van der Waals surface area contributed by atoms with Crippen molar-refractivity contribution in [3.63, 3.8) is 0 Å². The Balaban J connectivity index is 0.00000200. The molecule has 0 fully saturated rings. The molecule has 0 saturated heterocycles. The van der Waals surface area contributed by atoms with Crippen molar-refractivity contribution < 1.29 is 4.79 Å². The summed E-state index contributed by atoms with van der Waals surface area (Å²) in [5.74, 6) is -0.158. The Morgan fingerprint density at radius 1 is 1.15 bits per heavy atom. The van der Waals surface area contributed by atoms with Gasteiger partial charge in [-0.25, -0.2) is 0 Å². The fraction of sp³-hybridized carbons (Fsp3) is 0.188. The molecule has 1 unspecified atom stereocenters. The Hall–Kier alpha value is -1.84. The molecule has 0 bridgehead atoms. The summed E-state index contributed by atoms with van der Waals surface area (Å²) in [5, 5.41) is 2.84. The highest BCUT2D eigenvalue weighted by molar-refractivity contribution is 5.94. The van der Waals surface area contributed by atoms with Crippen LogP contribution in [0.25, 0.3) is 0 Å². The molecule has 0 heterocycles. The summed E-state index contributed by atoms with van der Waals surface area (Å²) in [6, 6.07) is 16.9. The second-order valence-electron chi connectivity index (χ2n) is 4.65. The van der Waals surface area contributed by atoms with Crippen LogP contribution in [0.15, 0.2) is 54.6 Å². The minimum absolute atomic E-state index is 0. The molecular weight excluding hydrogens is 272 g/mol. The van der Waals surface area contributed by atoms with Crippen LogP contribution in [-0.4, -0.2) is 11.9 Å². The van der Waals surface area contributed by atoms with E-state index in [1.165, 1.54) is 0 Å². The van der Waals surface area contributed by atoms with E-state index in [1.54, 1.807) is 0 Å². The van der Waals surface area contributed by atoms with E-state index < -0.39 is 6.04 Å². The molecule has 2 aromatic rings. The van der Waals surface area contributed by atoms with Gasteiger partial charge in [0.2, 0.25) is 5.91 Å². The summed E-state index contributed by atoms with van der Waals surface area (Å²) in [6.07, 6.45) is 0.540. The van der Waals surface area contributed by atoms with Crippen LogP contribution in [0, 0.1) is 6.92 Å². The van der Waals surface area contributed by atoms with Crippen molar-refractivity contribution in [3.05, 3.63) is 65.7 Å². The van der Waals surface area contributed by atoms with Gasteiger partial charge in [-0.3, -0.25) is 4.79 Å². The van der Waals surface area contributed by atoms with Crippen molar-refractivity contribution >= 4 is 24.0 Å². The molecule has 0 saturated carbocycles. The van der Waals surface area contributed by atoms with Crippen molar-refractivity contribution in [1.82, 2.24) is 0 Å². The molecule has 2 rings (SSSR count). The third kappa shape index (κ3) is 4.68. The monoisotopic (exact) mass is 290 g/mol. The molecule has 3 nitrogen and oxygen atoms in total. The molecule has 20 heavy (non-hydrogen) atoms. The molecule has 0 aliphatic heterocycles. The summed E-state index contributed by atoms with van der Waals surface area (Å²) >= 11 is 0. The van der Waals surface area contributed by atoms with Gasteiger partial charge in [-0.1, -0.05) is 42.5 Å². The number of amides is 1. The highest BCUT2D eigenvalue weighted by atomic mass is 35.5. The Morgan fingerprint density at radius 2 is 1.85 bits per heavy atom. The molecule has 0 aliphatic carbocycles. The van der Waals surface area contributed by atoms with Crippen molar-refractivity contribution in [3.8, 4) is 0 Å². The van der Waals surface area contributed by atoms with Gasteiger partial charge in [0, 0.05) is 5.69 Å². The zero-order chi connectivity index (χ0) is 13.7. The number of halogens is 1. The molecule has 0 radical (unpaired) electrons. The summed E-state index contributed by atoms with van der Waals surface area (Å²) in [7, 11) is 0. The third-order valence-corrected chi connectivity index (χ3v) is 2.92. The van der Waals surface area contributed by atoms with Crippen LogP contribution in [0.1, 0.15) is 11.1 Å². The van der Waals surface area contributed by atoms with E-state index in [4.69, 9.17) is 5.73 Å². The Bertz CT molecular complexity index is 557. The van der Waals surface area contributed by atoms with E-state index >= 15 is 0 Å². The number of nitrogens with one attached hydrogen (secondary N) is 1. The zero-order valence-corrected chi connectivity index (χ0v) is 12.2. The SMILES string of the molecule is Cc1cccc(NC(=O)C(N)Cc2ccccc2)c1.Cl. The van der Waals surface area contributed by atoms with E-state index in [0.717, 1.165) is 16.8 Å². The number of rotatable bonds is 4. The average Bonchev–Trinajstić information content (AvgIpc) is 2.40. The van der Waals surface area contributed by atoms with Crippen molar-refractivity contribution in [2.24, 2.45) is 5.73 Å². The lowest BCUT2D eigenvalue weighted by Crippen LogP contribution is -2.37. The minimum atomic E-state index is -0.539. The minimum Gasteiger partial charge on any atom is -0.325 e. The number of carbonyl (C=O) groups excluding carboxylic acids is 1. The lowest BCUT2D eigenvalue weighted by Gasteiger charge is -2.12. The first kappa shape index (κ1) is 16.2. The van der Waals surface area contributed by atoms with Gasteiger partial charge in [-0.2, -0.15) is 0 Å². The summed E-state index contributed by atoms with van der Waals surface area (Å²) in [4.78, 5) is 12.0. The van der Waals surface area contributed by atoms with Crippen LogP contribution < -0.4 is 11.1 Å². The van der Waals surface area contributed by atoms with Gasteiger partial charge in [0.05, 0.1) is 6.04 Å². The first-order chi connectivity index (χ1) is 9.15. The molecule has 1 amide bonds. The zero-order valence-electron chi connectivity index (χ0n) is 11.4. The van der Waals surface area contributed by atoms with E-state index in [9.17, 15) is 4.79 Å². The topological polar surface area (TPSA) is 55.1 Å². The lowest BCUT2D eigenvalue weighted by atomic mass is 10.1. The van der Waals surface area contributed by atoms with Gasteiger partial charge < -0.3 is 11.1 Å². The molecule has 0 aromatic heterocycles. The molecule has 106 valence electrons. The second-order valence-corrected chi connectivity index (χ2v) is 4.65. The molecule has 2 aromatic carbocycles. The van der Waals surface area contributed by atoms with Gasteiger partial charge in [0.15, 0.2) is 0 Å². The molecular formula is C16H19ClN2O. The van der Waals surface area contributed by atoms with Crippen LogP contribution in [-0.2, 0) is 11.2 Å². The summed E-state index contributed by atoms with van der Waals surface area (Å²) < 4.78 is 0. The summed E-state index contributed by atoms with van der Waals surface area (Å²) in [6.45, 7) is 1.99. The van der Waals surface area contributed by atoms with E-state index in [0.29, 0.717) is 6.42 Å². The van der Waals surface area contributed by atoms with Gasteiger partial charge >= 0.3 is 0 Å². The van der Waals surface area contributed by atoms with Crippen molar-refractivity contribution in [2.75, 3.05) is 5.32 Å². The van der Waals surface area contributed by atoms with Gasteiger partial charge in [0.25, 0.3) is 0 Å². The van der Waals surface area contributed by atoms with Crippen LogP contribution in [0.4, 0.5) is 5.69 Å². The van der Waals surface area contributed by atoms with Gasteiger partial charge in [-0.05, 0) is 36.6 Å². The normalized spacial score (nSPS) is 11.3. The number of benzene rings is 2. The number of hydrogen-bond acceptors (Lipinski definition) is 2. The van der Waals surface area contributed by atoms with Gasteiger partial charge in [-0.15, -0.1) is 12.4 Å². The number of hydrogen-bond donors (Lipinski definition) is 2. The number of aryl methyl sites for hydroxylation is 1. The Kier molecular flexibility index (Phi) is 6.22. The van der Waals surface area contributed by atoms with E-state index in [1.807, 2.05) is 61.5 Å². The maximum Gasteiger partial charge on any atom is 0.241 e. The molecule has 3 N–H and O–H groups in total. The maximum absolute atomic E-state index is 12.0. The number of nitrogens with two attached hydrogens (primary N) is 1. The van der Waals surface area contributed by atoms with E-state index in [2.05, 4.69) is 5.32 Å². The number of carbonyl (C=O) groups is 1. The predicted octanol–water partition coefficient (Wildman–Crippen LogP) is 2.93. The molecule has 0 aliphatic rings. The highest BCUT2D eigenvalue weighted by Crippen LogP contribution is 2.10. The van der Waals surface area contributed by atoms with Crippen molar-refractivity contribution in [2.45, 2.75) is 19.4 Å². The fourth-order valence-corrected chi connectivity index (χ4v) is 1.92. The average molecular weight is 291 g/mol. The van der Waals surface area contributed by atoms with Crippen LogP contribution in [0.2, 0.25) is 0 Å². The highest BCUT2D eigenvalue weighted by Gasteiger charge is 2.14. The standard InChI is InChI=1S/C16H18N2O.ClH/c1-12-6-5-9-14(10-12)18-16(19)15(17)11-13-7-3-2-4-8-13;/h2-10,15H,11,17H2,1H3,(H,18,19);1H. The first-order valence-corrected chi connectivity index (χ1v) is 6.32. The quantitative estimate of drug-likeness (QED) is 0.910. The van der Waals surface area contributed by atoms with Crippen molar-refractivity contribution in [1.29, 1.82) is 0 Å². The van der Waals surface area contributed by atoms with Crippen LogP contribution in [0.3, 0.4) is 0 Å². The second kappa shape index (κ2) is 7.68. The number of anilines is 1. The smallest absolute Gasteiger partial charge is 0.241 e. The first-order valence-electron chi connectivity index (χ1n) is 6.32. The molecule has 1 atom stereocenters. The molecule has 0 spiro atoms. The van der Waals surface area contributed by atoms with Crippen LogP contribution in [0.5, 0.6) is 0 Å². The largest absolute Gasteiger partial charge is 0.325 e. The third-order valence-electron chi connectivity index (χ3n) is 2.92. The van der Waals surface area contributed by atoms with Crippen LogP contribution >= 0.6 is 12.4 Å².